The second-order valence-corrected chi connectivity index (χ2v) is 13.0. The Morgan fingerprint density at radius 1 is 0.341 bits per heavy atom. The summed E-state index contributed by atoms with van der Waals surface area (Å²) in [5, 5.41) is 4.96. The summed E-state index contributed by atoms with van der Waals surface area (Å²) in [6.07, 6.45) is 0. The van der Waals surface area contributed by atoms with E-state index in [1.165, 1.54) is 40.3 Å². The Morgan fingerprint density at radius 2 is 0.909 bits per heavy atom. The van der Waals surface area contributed by atoms with Gasteiger partial charge in [-0.1, -0.05) is 109 Å². The molecule has 5 heteroatoms. The van der Waals surface area contributed by atoms with Crippen LogP contribution in [0.2, 0.25) is 0 Å². The molecule has 0 spiro atoms. The van der Waals surface area contributed by atoms with Crippen molar-refractivity contribution in [3.63, 3.8) is 0 Å². The lowest BCUT2D eigenvalue weighted by molar-refractivity contribution is 1.08. The molecule has 0 saturated carbocycles. The van der Waals surface area contributed by atoms with Gasteiger partial charge in [0.15, 0.2) is 17.5 Å². The molecule has 3 nitrogen and oxygen atoms in total. The van der Waals surface area contributed by atoms with Crippen molar-refractivity contribution >= 4 is 63.0 Å². The van der Waals surface area contributed by atoms with E-state index in [9.17, 15) is 0 Å². The maximum Gasteiger partial charge on any atom is 0.164 e. The van der Waals surface area contributed by atoms with Gasteiger partial charge in [-0.2, -0.15) is 0 Å². The maximum atomic E-state index is 5.16. The molecule has 0 unspecified atom stereocenters. The monoisotopic (exact) mass is 597 g/mol. The van der Waals surface area contributed by atoms with Crippen LogP contribution in [0.4, 0.5) is 0 Å². The van der Waals surface area contributed by atoms with E-state index in [0.717, 1.165) is 27.8 Å². The molecule has 0 radical (unpaired) electrons. The van der Waals surface area contributed by atoms with Crippen molar-refractivity contribution in [1.82, 2.24) is 15.0 Å². The molecule has 0 saturated heterocycles. The van der Waals surface area contributed by atoms with Gasteiger partial charge in [0.2, 0.25) is 0 Å². The zero-order valence-electron chi connectivity index (χ0n) is 23.4. The molecular formula is C39H23N3S2. The molecule has 0 atom stereocenters. The standard InChI is InChI=1S/C39H23N3S2/c1-2-10-24(11-3-1)25-12-8-13-26(22-25)37-40-38(27-20-21-29-28-14-4-6-17-32(28)44-35(29)23-27)42-39(41-37)31-16-9-19-34-36(31)30-15-5-7-18-33(30)43-34/h1-23H. The molecular weight excluding hydrogens is 575 g/mol. The first kappa shape index (κ1) is 25.3. The molecule has 0 N–H and O–H groups in total. The summed E-state index contributed by atoms with van der Waals surface area (Å²) >= 11 is 3.61. The van der Waals surface area contributed by atoms with Crippen molar-refractivity contribution in [1.29, 1.82) is 0 Å². The summed E-state index contributed by atoms with van der Waals surface area (Å²) in [5.74, 6) is 2.02. The average Bonchev–Trinajstić information content (AvgIpc) is 3.66. The molecule has 9 rings (SSSR count). The second kappa shape index (κ2) is 10.2. The van der Waals surface area contributed by atoms with Gasteiger partial charge >= 0.3 is 0 Å². The number of benzene rings is 6. The van der Waals surface area contributed by atoms with Gasteiger partial charge in [0.25, 0.3) is 0 Å². The summed E-state index contributed by atoms with van der Waals surface area (Å²) in [7, 11) is 0. The van der Waals surface area contributed by atoms with Gasteiger partial charge in [0.05, 0.1) is 0 Å². The maximum absolute atomic E-state index is 5.16. The van der Waals surface area contributed by atoms with Gasteiger partial charge in [0.1, 0.15) is 0 Å². The summed E-state index contributed by atoms with van der Waals surface area (Å²) < 4.78 is 5.00. The van der Waals surface area contributed by atoms with Crippen LogP contribution in [-0.2, 0) is 0 Å². The molecule has 0 bridgehead atoms. The molecule has 0 aliphatic carbocycles. The Kier molecular flexibility index (Phi) is 5.86. The van der Waals surface area contributed by atoms with E-state index in [1.54, 1.807) is 22.7 Å². The lowest BCUT2D eigenvalue weighted by Crippen LogP contribution is -2.00. The Labute approximate surface area is 261 Å². The van der Waals surface area contributed by atoms with E-state index in [-0.39, 0.29) is 0 Å². The number of fused-ring (bicyclic) bond motifs is 6. The quantitative estimate of drug-likeness (QED) is 0.203. The van der Waals surface area contributed by atoms with Crippen molar-refractivity contribution in [3.05, 3.63) is 140 Å². The predicted octanol–water partition coefficient (Wildman–Crippen LogP) is 11.3. The Balaban J connectivity index is 1.28. The summed E-state index contributed by atoms with van der Waals surface area (Å²) in [5.41, 5.74) is 5.25. The zero-order chi connectivity index (χ0) is 29.0. The number of hydrogen-bond acceptors (Lipinski definition) is 5. The van der Waals surface area contributed by atoms with Gasteiger partial charge in [-0.15, -0.1) is 22.7 Å². The van der Waals surface area contributed by atoms with Crippen LogP contribution in [0.25, 0.3) is 85.6 Å². The topological polar surface area (TPSA) is 38.7 Å². The first-order valence-electron chi connectivity index (χ1n) is 14.5. The van der Waals surface area contributed by atoms with Crippen molar-refractivity contribution in [2.24, 2.45) is 0 Å². The highest BCUT2D eigenvalue weighted by Gasteiger charge is 2.18. The highest BCUT2D eigenvalue weighted by molar-refractivity contribution is 7.26. The minimum absolute atomic E-state index is 0.663. The molecule has 44 heavy (non-hydrogen) atoms. The SMILES string of the molecule is c1ccc(-c2cccc(-c3nc(-c4ccc5c(c4)sc4ccccc45)nc(-c4cccc5sc6ccccc6c45)n3)c2)cc1. The molecule has 0 aliphatic rings. The number of thiophene rings is 2. The van der Waals surface area contributed by atoms with Crippen LogP contribution in [0.15, 0.2) is 140 Å². The first-order chi connectivity index (χ1) is 21.8. The average molecular weight is 598 g/mol. The third-order valence-electron chi connectivity index (χ3n) is 8.14. The van der Waals surface area contributed by atoms with Crippen LogP contribution in [0, 0.1) is 0 Å². The summed E-state index contributed by atoms with van der Waals surface area (Å²) in [6, 6.07) is 49.1. The lowest BCUT2D eigenvalue weighted by Gasteiger charge is -2.11. The molecule has 3 aromatic heterocycles. The van der Waals surface area contributed by atoms with E-state index < -0.39 is 0 Å². The van der Waals surface area contributed by atoms with Crippen LogP contribution in [0.1, 0.15) is 0 Å². The van der Waals surface area contributed by atoms with E-state index in [1.807, 2.05) is 6.07 Å². The molecule has 6 aromatic carbocycles. The minimum Gasteiger partial charge on any atom is -0.208 e. The van der Waals surface area contributed by atoms with E-state index in [2.05, 4.69) is 133 Å². The second-order valence-electron chi connectivity index (χ2n) is 10.8. The van der Waals surface area contributed by atoms with Crippen LogP contribution in [0.5, 0.6) is 0 Å². The van der Waals surface area contributed by atoms with Gasteiger partial charge in [-0.3, -0.25) is 0 Å². The zero-order valence-corrected chi connectivity index (χ0v) is 25.1. The first-order valence-corrected chi connectivity index (χ1v) is 16.2. The molecule has 9 aromatic rings. The molecule has 206 valence electrons. The summed E-state index contributed by atoms with van der Waals surface area (Å²) in [4.78, 5) is 15.4. The molecule has 0 amide bonds. The van der Waals surface area contributed by atoms with Gasteiger partial charge in [-0.25, -0.2) is 15.0 Å². The minimum atomic E-state index is 0.663. The van der Waals surface area contributed by atoms with Gasteiger partial charge in [0, 0.05) is 57.0 Å². The van der Waals surface area contributed by atoms with Crippen LogP contribution >= 0.6 is 22.7 Å². The van der Waals surface area contributed by atoms with Gasteiger partial charge < -0.3 is 0 Å². The Bertz CT molecular complexity index is 2510. The molecule has 0 fully saturated rings. The largest absolute Gasteiger partial charge is 0.208 e. The molecule has 3 heterocycles. The van der Waals surface area contributed by atoms with E-state index in [4.69, 9.17) is 15.0 Å². The fourth-order valence-corrected chi connectivity index (χ4v) is 8.33. The number of nitrogens with zero attached hydrogens (tertiary/aromatic N) is 3. The van der Waals surface area contributed by atoms with Crippen LogP contribution in [-0.4, -0.2) is 15.0 Å². The van der Waals surface area contributed by atoms with Gasteiger partial charge in [-0.05, 0) is 41.5 Å². The fraction of sp³-hybridized carbons (Fsp3) is 0. The Hall–Kier alpha value is -5.23. The highest BCUT2D eigenvalue weighted by Crippen LogP contribution is 2.40. The van der Waals surface area contributed by atoms with E-state index >= 15 is 0 Å². The lowest BCUT2D eigenvalue weighted by atomic mass is 10.0. The number of aromatic nitrogens is 3. The van der Waals surface area contributed by atoms with Crippen molar-refractivity contribution in [2.75, 3.05) is 0 Å². The van der Waals surface area contributed by atoms with Crippen molar-refractivity contribution in [3.8, 4) is 45.3 Å². The van der Waals surface area contributed by atoms with Crippen LogP contribution < -0.4 is 0 Å². The number of hydrogen-bond donors (Lipinski definition) is 0. The van der Waals surface area contributed by atoms with Crippen molar-refractivity contribution in [2.45, 2.75) is 0 Å². The predicted molar refractivity (Wildman–Crippen MR) is 187 cm³/mol. The summed E-state index contributed by atoms with van der Waals surface area (Å²) in [6.45, 7) is 0. The normalized spacial score (nSPS) is 11.6. The highest BCUT2D eigenvalue weighted by atomic mass is 32.1. The van der Waals surface area contributed by atoms with E-state index in [0.29, 0.717) is 17.5 Å². The van der Waals surface area contributed by atoms with Crippen LogP contribution in [0.3, 0.4) is 0 Å². The Morgan fingerprint density at radius 3 is 1.75 bits per heavy atom. The van der Waals surface area contributed by atoms with Crippen molar-refractivity contribution < 1.29 is 0 Å². The third kappa shape index (κ3) is 4.21. The fourth-order valence-electron chi connectivity index (χ4n) is 6.05. The number of rotatable bonds is 4. The smallest absolute Gasteiger partial charge is 0.164 e. The third-order valence-corrected chi connectivity index (χ3v) is 10.4. The molecule has 0 aliphatic heterocycles.